The van der Waals surface area contributed by atoms with E-state index in [9.17, 15) is 14.4 Å². The lowest BCUT2D eigenvalue weighted by molar-refractivity contribution is -0.128. The van der Waals surface area contributed by atoms with Crippen LogP contribution in [0.1, 0.15) is 54.1 Å². The average Bonchev–Trinajstić information content (AvgIpc) is 2.81. The van der Waals surface area contributed by atoms with E-state index < -0.39 is 12.0 Å². The van der Waals surface area contributed by atoms with Crippen LogP contribution in [0.25, 0.3) is 0 Å². The summed E-state index contributed by atoms with van der Waals surface area (Å²) in [6.07, 6.45) is 5.23. The average molecular weight is 422 g/mol. The van der Waals surface area contributed by atoms with Crippen molar-refractivity contribution in [2.75, 3.05) is 18.6 Å². The Balaban J connectivity index is 1.75. The molecule has 0 bridgehead atoms. The molecule has 1 fully saturated rings. The number of esters is 1. The van der Waals surface area contributed by atoms with Crippen LogP contribution in [-0.4, -0.2) is 37.5 Å². The van der Waals surface area contributed by atoms with Crippen molar-refractivity contribution in [1.82, 2.24) is 5.32 Å². The number of rotatable bonds is 5. The molecule has 2 aromatic carbocycles. The van der Waals surface area contributed by atoms with Gasteiger partial charge in [-0.25, -0.2) is 4.79 Å². The van der Waals surface area contributed by atoms with Crippen molar-refractivity contribution in [3.05, 3.63) is 59.7 Å². The van der Waals surface area contributed by atoms with Crippen LogP contribution < -0.4 is 15.0 Å². The van der Waals surface area contributed by atoms with Crippen LogP contribution in [0.2, 0.25) is 0 Å². The molecule has 1 aliphatic heterocycles. The number of carbonyl (C=O) groups is 3. The van der Waals surface area contributed by atoms with Crippen molar-refractivity contribution in [2.45, 2.75) is 44.2 Å². The zero-order valence-corrected chi connectivity index (χ0v) is 17.5. The van der Waals surface area contributed by atoms with Gasteiger partial charge in [0.05, 0.1) is 18.4 Å². The van der Waals surface area contributed by atoms with Gasteiger partial charge in [-0.1, -0.05) is 49.6 Å². The van der Waals surface area contributed by atoms with E-state index in [-0.39, 0.29) is 30.0 Å². The Hall–Kier alpha value is -3.35. The van der Waals surface area contributed by atoms with Crippen molar-refractivity contribution in [3.8, 4) is 5.75 Å². The molecule has 1 N–H and O–H groups in total. The first-order valence-electron chi connectivity index (χ1n) is 10.6. The van der Waals surface area contributed by atoms with Gasteiger partial charge < -0.3 is 14.8 Å². The highest BCUT2D eigenvalue weighted by Gasteiger charge is 2.38. The molecule has 7 heteroatoms. The number of nitrogens with one attached hydrogen (secondary N) is 1. The highest BCUT2D eigenvalue weighted by atomic mass is 16.5. The lowest BCUT2D eigenvalue weighted by atomic mass is 9.94. The Kier molecular flexibility index (Phi) is 6.21. The molecule has 1 unspecified atom stereocenters. The molecule has 4 rings (SSSR count). The molecule has 0 saturated heterocycles. The first-order chi connectivity index (χ1) is 15.1. The van der Waals surface area contributed by atoms with Crippen molar-refractivity contribution >= 4 is 23.5 Å². The van der Waals surface area contributed by atoms with Gasteiger partial charge in [0.15, 0.2) is 6.61 Å². The third-order valence-electron chi connectivity index (χ3n) is 5.83. The van der Waals surface area contributed by atoms with Gasteiger partial charge in [0.25, 0.3) is 5.91 Å². The Morgan fingerprint density at radius 3 is 2.55 bits per heavy atom. The summed E-state index contributed by atoms with van der Waals surface area (Å²) in [6, 6.07) is 13.2. The molecule has 1 atom stereocenters. The number of nitrogens with zero attached hydrogens (tertiary/aromatic N) is 1. The molecular formula is C24H26N2O5. The molecule has 1 saturated carbocycles. The predicted octanol–water partition coefficient (Wildman–Crippen LogP) is 3.39. The lowest BCUT2D eigenvalue weighted by Crippen LogP contribution is -2.49. The molecule has 1 heterocycles. The molecule has 2 aliphatic rings. The lowest BCUT2D eigenvalue weighted by Gasteiger charge is -2.36. The van der Waals surface area contributed by atoms with Crippen LogP contribution in [0.15, 0.2) is 48.5 Å². The van der Waals surface area contributed by atoms with Crippen LogP contribution in [0.5, 0.6) is 5.75 Å². The second-order valence-electron chi connectivity index (χ2n) is 7.88. The smallest absolute Gasteiger partial charge is 0.337 e. The standard InChI is InChI=1S/C24H26N2O5/c1-30-24(29)17-12-13-20-19(14-17)26(21(27)15-31-20)22(16-8-4-2-5-9-16)23(28)25-18-10-6-3-7-11-18/h2,4-5,8-9,12-14,18,22H,3,6-7,10-11,15H2,1H3,(H,25,28). The summed E-state index contributed by atoms with van der Waals surface area (Å²) in [6.45, 7) is -0.176. The van der Waals surface area contributed by atoms with Crippen molar-refractivity contribution in [1.29, 1.82) is 0 Å². The van der Waals surface area contributed by atoms with E-state index in [1.165, 1.54) is 18.4 Å². The SMILES string of the molecule is COC(=O)c1ccc2c(c1)N(C(C(=O)NC1CCCCC1)c1ccccc1)C(=O)CO2. The van der Waals surface area contributed by atoms with Crippen LogP contribution in [-0.2, 0) is 14.3 Å². The van der Waals surface area contributed by atoms with E-state index >= 15 is 0 Å². The normalized spacial score (nSPS) is 17.3. The number of fused-ring (bicyclic) bond motifs is 1. The summed E-state index contributed by atoms with van der Waals surface area (Å²) in [5.74, 6) is -0.660. The fraction of sp³-hybridized carbons (Fsp3) is 0.375. The number of hydrogen-bond acceptors (Lipinski definition) is 5. The van der Waals surface area contributed by atoms with Gasteiger partial charge in [0.1, 0.15) is 11.8 Å². The Morgan fingerprint density at radius 1 is 1.10 bits per heavy atom. The van der Waals surface area contributed by atoms with E-state index in [2.05, 4.69) is 5.32 Å². The quantitative estimate of drug-likeness (QED) is 0.747. The third-order valence-corrected chi connectivity index (χ3v) is 5.83. The van der Waals surface area contributed by atoms with Crippen molar-refractivity contribution in [2.24, 2.45) is 0 Å². The summed E-state index contributed by atoms with van der Waals surface area (Å²) in [4.78, 5) is 40.0. The maximum atomic E-state index is 13.5. The maximum Gasteiger partial charge on any atom is 0.337 e. The number of methoxy groups -OCH3 is 1. The van der Waals surface area contributed by atoms with E-state index in [0.29, 0.717) is 17.0 Å². The molecule has 0 radical (unpaired) electrons. The van der Waals surface area contributed by atoms with Crippen molar-refractivity contribution < 1.29 is 23.9 Å². The van der Waals surface area contributed by atoms with Gasteiger partial charge in [-0.05, 0) is 36.6 Å². The van der Waals surface area contributed by atoms with Crippen LogP contribution >= 0.6 is 0 Å². The van der Waals surface area contributed by atoms with Gasteiger partial charge in [0.2, 0.25) is 5.91 Å². The minimum absolute atomic E-state index is 0.101. The Labute approximate surface area is 181 Å². The summed E-state index contributed by atoms with van der Waals surface area (Å²) in [7, 11) is 1.30. The minimum atomic E-state index is -0.869. The second kappa shape index (κ2) is 9.20. The number of anilines is 1. The summed E-state index contributed by atoms with van der Waals surface area (Å²) >= 11 is 0. The first-order valence-corrected chi connectivity index (χ1v) is 10.6. The summed E-state index contributed by atoms with van der Waals surface area (Å²) in [5.41, 5.74) is 1.36. The molecule has 0 spiro atoms. The molecule has 2 amide bonds. The van der Waals surface area contributed by atoms with Gasteiger partial charge in [-0.15, -0.1) is 0 Å². The van der Waals surface area contributed by atoms with Crippen LogP contribution in [0, 0.1) is 0 Å². The Morgan fingerprint density at radius 2 is 1.84 bits per heavy atom. The van der Waals surface area contributed by atoms with E-state index in [1.807, 2.05) is 30.3 Å². The molecule has 31 heavy (non-hydrogen) atoms. The molecular weight excluding hydrogens is 396 g/mol. The van der Waals surface area contributed by atoms with Crippen LogP contribution in [0.3, 0.4) is 0 Å². The topological polar surface area (TPSA) is 84.9 Å². The summed E-state index contributed by atoms with van der Waals surface area (Å²) < 4.78 is 10.4. The first kappa shape index (κ1) is 20.9. The zero-order chi connectivity index (χ0) is 21.8. The maximum absolute atomic E-state index is 13.5. The summed E-state index contributed by atoms with van der Waals surface area (Å²) in [5, 5.41) is 3.15. The highest BCUT2D eigenvalue weighted by Crippen LogP contribution is 2.39. The molecule has 1 aliphatic carbocycles. The number of ether oxygens (including phenoxy) is 2. The van der Waals surface area contributed by atoms with Gasteiger partial charge in [-0.2, -0.15) is 0 Å². The fourth-order valence-electron chi connectivity index (χ4n) is 4.28. The van der Waals surface area contributed by atoms with Gasteiger partial charge in [0, 0.05) is 6.04 Å². The second-order valence-corrected chi connectivity index (χ2v) is 7.88. The van der Waals surface area contributed by atoms with E-state index in [4.69, 9.17) is 9.47 Å². The molecule has 7 nitrogen and oxygen atoms in total. The number of carbonyl (C=O) groups excluding carboxylic acids is 3. The van der Waals surface area contributed by atoms with E-state index in [0.717, 1.165) is 25.7 Å². The largest absolute Gasteiger partial charge is 0.482 e. The molecule has 0 aromatic heterocycles. The molecule has 162 valence electrons. The monoisotopic (exact) mass is 422 g/mol. The minimum Gasteiger partial charge on any atom is -0.482 e. The van der Waals surface area contributed by atoms with E-state index in [1.54, 1.807) is 18.2 Å². The Bertz CT molecular complexity index is 969. The predicted molar refractivity (Wildman–Crippen MR) is 115 cm³/mol. The number of hydrogen-bond donors (Lipinski definition) is 1. The number of amides is 2. The van der Waals surface area contributed by atoms with Gasteiger partial charge >= 0.3 is 5.97 Å². The third kappa shape index (κ3) is 4.40. The van der Waals surface area contributed by atoms with Crippen LogP contribution in [0.4, 0.5) is 5.69 Å². The van der Waals surface area contributed by atoms with Crippen molar-refractivity contribution in [3.63, 3.8) is 0 Å². The fourth-order valence-corrected chi connectivity index (χ4v) is 4.28. The zero-order valence-electron chi connectivity index (χ0n) is 17.5. The highest BCUT2D eigenvalue weighted by molar-refractivity contribution is 6.05. The molecule has 2 aromatic rings. The number of benzene rings is 2. The van der Waals surface area contributed by atoms with Gasteiger partial charge in [-0.3, -0.25) is 14.5 Å².